The largest absolute Gasteiger partial charge is 0.500 e. The molecule has 0 saturated carbocycles. The zero-order valence-electron chi connectivity index (χ0n) is 11.7. The second-order valence-corrected chi connectivity index (χ2v) is 7.57. The second kappa shape index (κ2) is 6.30. The van der Waals surface area contributed by atoms with E-state index in [1.54, 1.807) is 21.3 Å². The van der Waals surface area contributed by atoms with Crippen molar-refractivity contribution in [2.45, 2.75) is 12.5 Å². The maximum absolute atomic E-state index is 5.44. The molecule has 0 unspecified atom stereocenters. The van der Waals surface area contributed by atoms with Crippen molar-refractivity contribution in [3.05, 3.63) is 48.0 Å². The van der Waals surface area contributed by atoms with E-state index in [9.17, 15) is 0 Å². The highest BCUT2D eigenvalue weighted by Gasteiger charge is 2.37. The number of rotatable bonds is 6. The molecular weight excluding hydrogens is 256 g/mol. The number of hydrogen-bond donors (Lipinski definition) is 0. The van der Waals surface area contributed by atoms with Gasteiger partial charge in [-0.2, -0.15) is 0 Å². The van der Waals surface area contributed by atoms with E-state index in [1.807, 2.05) is 0 Å². The average molecular weight is 276 g/mol. The molecule has 0 aliphatic rings. The number of benzene rings is 2. The Kier molecular flexibility index (Phi) is 4.71. The maximum atomic E-state index is 5.44. The van der Waals surface area contributed by atoms with Crippen LogP contribution in [-0.2, 0) is 19.7 Å². The summed E-state index contributed by atoms with van der Waals surface area (Å²) in [6.45, 7) is 0. The molecule has 0 bridgehead atoms. The molecule has 0 radical (unpaired) electrons. The van der Waals surface area contributed by atoms with Crippen LogP contribution < -0.4 is 0 Å². The summed E-state index contributed by atoms with van der Waals surface area (Å²) in [5.41, 5.74) is 1.28. The molecule has 0 aromatic heterocycles. The molecule has 0 aliphatic carbocycles. The fourth-order valence-corrected chi connectivity index (χ4v) is 3.96. The summed E-state index contributed by atoms with van der Waals surface area (Å²) >= 11 is 0. The summed E-state index contributed by atoms with van der Waals surface area (Å²) in [5.74, 6) is 0. The Balaban J connectivity index is 2.13. The van der Waals surface area contributed by atoms with Gasteiger partial charge in [0.2, 0.25) is 0 Å². The minimum Gasteiger partial charge on any atom is -0.377 e. The van der Waals surface area contributed by atoms with Gasteiger partial charge in [0, 0.05) is 27.4 Å². The van der Waals surface area contributed by atoms with E-state index in [0.29, 0.717) is 0 Å². The first-order valence-electron chi connectivity index (χ1n) is 6.36. The maximum Gasteiger partial charge on any atom is 0.500 e. The predicted molar refractivity (Wildman–Crippen MR) is 79.2 cm³/mol. The molecule has 0 heterocycles. The summed E-state index contributed by atoms with van der Waals surface area (Å²) in [5, 5.41) is 2.53. The summed E-state index contributed by atoms with van der Waals surface area (Å²) in [4.78, 5) is 0. The molecule has 0 fully saturated rings. The zero-order chi connectivity index (χ0) is 13.7. The quantitative estimate of drug-likeness (QED) is 0.758. The van der Waals surface area contributed by atoms with Gasteiger partial charge in [0.25, 0.3) is 0 Å². The third-order valence-corrected chi connectivity index (χ3v) is 6.20. The monoisotopic (exact) mass is 276 g/mol. The minimum atomic E-state index is -2.47. The van der Waals surface area contributed by atoms with Gasteiger partial charge in [0.1, 0.15) is 0 Å². The van der Waals surface area contributed by atoms with Crippen LogP contribution in [-0.4, -0.2) is 30.1 Å². The van der Waals surface area contributed by atoms with Crippen LogP contribution in [0.4, 0.5) is 0 Å². The Morgan fingerprint density at radius 3 is 2.11 bits per heavy atom. The normalized spacial score (nSPS) is 11.9. The van der Waals surface area contributed by atoms with Crippen molar-refractivity contribution in [2.24, 2.45) is 0 Å². The molecule has 19 heavy (non-hydrogen) atoms. The van der Waals surface area contributed by atoms with Crippen molar-refractivity contribution in [1.82, 2.24) is 0 Å². The van der Waals surface area contributed by atoms with Gasteiger partial charge in [0.05, 0.1) is 0 Å². The number of aryl methyl sites for hydroxylation is 1. The molecule has 0 atom stereocenters. The predicted octanol–water partition coefficient (Wildman–Crippen LogP) is 3.26. The van der Waals surface area contributed by atoms with Crippen LogP contribution in [0.25, 0.3) is 10.8 Å². The van der Waals surface area contributed by atoms with Crippen molar-refractivity contribution in [3.63, 3.8) is 0 Å². The lowest BCUT2D eigenvalue weighted by molar-refractivity contribution is 0.123. The fourth-order valence-electron chi connectivity index (χ4n) is 2.25. The minimum absolute atomic E-state index is 0.787. The van der Waals surface area contributed by atoms with Crippen LogP contribution in [0, 0.1) is 0 Å². The van der Waals surface area contributed by atoms with Crippen LogP contribution in [0.1, 0.15) is 5.56 Å². The number of fused-ring (bicyclic) bond motifs is 1. The molecular formula is C15H20O3Si. The lowest BCUT2D eigenvalue weighted by Gasteiger charge is -2.24. The van der Waals surface area contributed by atoms with E-state index in [0.717, 1.165) is 12.5 Å². The highest BCUT2D eigenvalue weighted by Crippen LogP contribution is 2.20. The van der Waals surface area contributed by atoms with E-state index >= 15 is 0 Å². The topological polar surface area (TPSA) is 27.7 Å². The summed E-state index contributed by atoms with van der Waals surface area (Å²) in [6.07, 6.45) is 0.895. The zero-order valence-corrected chi connectivity index (χ0v) is 12.7. The van der Waals surface area contributed by atoms with Gasteiger partial charge < -0.3 is 13.3 Å². The van der Waals surface area contributed by atoms with Gasteiger partial charge >= 0.3 is 8.80 Å². The fraction of sp³-hybridized carbons (Fsp3) is 0.333. The standard InChI is InChI=1S/C15H20O3Si/c1-16-19(17-2,18-3)11-10-13-8-9-14-6-4-5-7-15(14)12-13/h4-9,12H,10-11H2,1-3H3. The van der Waals surface area contributed by atoms with Crippen LogP contribution >= 0.6 is 0 Å². The molecule has 2 rings (SSSR count). The van der Waals surface area contributed by atoms with Crippen LogP contribution in [0.2, 0.25) is 6.04 Å². The van der Waals surface area contributed by atoms with E-state index < -0.39 is 8.80 Å². The molecule has 3 nitrogen and oxygen atoms in total. The van der Waals surface area contributed by atoms with Crippen LogP contribution in [0.15, 0.2) is 42.5 Å². The van der Waals surface area contributed by atoms with E-state index in [-0.39, 0.29) is 0 Å². The van der Waals surface area contributed by atoms with Gasteiger partial charge in [-0.05, 0) is 22.8 Å². The van der Waals surface area contributed by atoms with Crippen molar-refractivity contribution >= 4 is 19.6 Å². The lowest BCUT2D eigenvalue weighted by Crippen LogP contribution is -2.43. The van der Waals surface area contributed by atoms with E-state index in [4.69, 9.17) is 13.3 Å². The molecule has 2 aromatic carbocycles. The lowest BCUT2D eigenvalue weighted by atomic mass is 10.1. The van der Waals surface area contributed by atoms with Crippen molar-refractivity contribution in [1.29, 1.82) is 0 Å². The SMILES string of the molecule is CO[Si](CCc1ccc2ccccc2c1)(OC)OC. The van der Waals surface area contributed by atoms with E-state index in [1.165, 1.54) is 16.3 Å². The third-order valence-electron chi connectivity index (χ3n) is 3.47. The Bertz CT molecular complexity index is 529. The van der Waals surface area contributed by atoms with Crippen molar-refractivity contribution < 1.29 is 13.3 Å². The third kappa shape index (κ3) is 3.22. The smallest absolute Gasteiger partial charge is 0.377 e. The van der Waals surface area contributed by atoms with Gasteiger partial charge in [-0.3, -0.25) is 0 Å². The van der Waals surface area contributed by atoms with Gasteiger partial charge in [0.15, 0.2) is 0 Å². The van der Waals surface area contributed by atoms with Gasteiger partial charge in [-0.25, -0.2) is 0 Å². The molecule has 0 N–H and O–H groups in total. The first-order valence-corrected chi connectivity index (χ1v) is 8.29. The Hall–Kier alpha value is -1.20. The molecule has 0 aliphatic heterocycles. The Morgan fingerprint density at radius 1 is 0.842 bits per heavy atom. The molecule has 2 aromatic rings. The Morgan fingerprint density at radius 2 is 1.47 bits per heavy atom. The molecule has 0 saturated heterocycles. The van der Waals surface area contributed by atoms with Gasteiger partial charge in [-0.15, -0.1) is 0 Å². The van der Waals surface area contributed by atoms with Crippen LogP contribution in [0.5, 0.6) is 0 Å². The first kappa shape index (κ1) is 14.2. The van der Waals surface area contributed by atoms with Crippen molar-refractivity contribution in [2.75, 3.05) is 21.3 Å². The van der Waals surface area contributed by atoms with Crippen LogP contribution in [0.3, 0.4) is 0 Å². The summed E-state index contributed by atoms with van der Waals surface area (Å²) in [6, 6.07) is 15.7. The Labute approximate surface area is 115 Å². The molecule has 102 valence electrons. The summed E-state index contributed by atoms with van der Waals surface area (Å²) in [7, 11) is 2.49. The second-order valence-electron chi connectivity index (χ2n) is 4.48. The molecule has 4 heteroatoms. The summed E-state index contributed by atoms with van der Waals surface area (Å²) < 4.78 is 16.3. The highest BCUT2D eigenvalue weighted by molar-refractivity contribution is 6.60. The number of hydrogen-bond acceptors (Lipinski definition) is 3. The van der Waals surface area contributed by atoms with Crippen molar-refractivity contribution in [3.8, 4) is 0 Å². The molecule has 0 amide bonds. The first-order chi connectivity index (χ1) is 9.23. The average Bonchev–Trinajstić information content (AvgIpc) is 2.49. The van der Waals surface area contributed by atoms with Gasteiger partial charge in [-0.1, -0.05) is 42.5 Å². The van der Waals surface area contributed by atoms with E-state index in [2.05, 4.69) is 42.5 Å². The highest BCUT2D eigenvalue weighted by atomic mass is 28.4. The molecule has 0 spiro atoms.